The van der Waals surface area contributed by atoms with Crippen LogP contribution in [-0.2, 0) is 14.6 Å². The molecule has 2 unspecified atom stereocenters. The van der Waals surface area contributed by atoms with E-state index < -0.39 is 21.3 Å². The number of carbonyl (C=O) groups is 1. The number of aliphatic hydroxyl groups is 1. The summed E-state index contributed by atoms with van der Waals surface area (Å²) < 4.78 is 22.8. The number of hydrogen-bond acceptors (Lipinski definition) is 5. The van der Waals surface area contributed by atoms with Crippen LogP contribution in [0.5, 0.6) is 0 Å². The van der Waals surface area contributed by atoms with Gasteiger partial charge in [0.2, 0.25) is 5.91 Å². The molecule has 1 amide bonds. The van der Waals surface area contributed by atoms with Crippen LogP contribution in [0, 0.1) is 0 Å². The van der Waals surface area contributed by atoms with E-state index in [0.29, 0.717) is 19.5 Å². The third-order valence-corrected chi connectivity index (χ3v) is 5.45. The minimum absolute atomic E-state index is 0.0818. The van der Waals surface area contributed by atoms with E-state index in [4.69, 9.17) is 16.7 Å². The fourth-order valence-electron chi connectivity index (χ4n) is 2.04. The van der Waals surface area contributed by atoms with Gasteiger partial charge < -0.3 is 10.4 Å². The van der Waals surface area contributed by atoms with Crippen LogP contribution in [0.25, 0.3) is 0 Å². The molecule has 2 N–H and O–H groups in total. The maximum Gasteiger partial charge on any atom is 0.234 e. The monoisotopic (exact) mass is 312 g/mol. The largest absolute Gasteiger partial charge is 0.396 e. The fraction of sp³-hybridized carbons (Fsp3) is 0.909. The second-order valence-electron chi connectivity index (χ2n) is 4.71. The topological polar surface area (TPSA) is 86.7 Å². The molecule has 0 radical (unpaired) electrons. The molecule has 0 aliphatic carbocycles. The van der Waals surface area contributed by atoms with Crippen LogP contribution in [0.1, 0.15) is 13.3 Å². The third-order valence-electron chi connectivity index (χ3n) is 3.08. The lowest BCUT2D eigenvalue weighted by atomic mass is 10.2. The molecule has 1 fully saturated rings. The lowest BCUT2D eigenvalue weighted by Crippen LogP contribution is -2.45. The minimum Gasteiger partial charge on any atom is -0.396 e. The molecule has 0 aromatic carbocycles. The van der Waals surface area contributed by atoms with Gasteiger partial charge in [0.25, 0.3) is 0 Å². The highest BCUT2D eigenvalue weighted by Crippen LogP contribution is 2.17. The molecule has 6 nitrogen and oxygen atoms in total. The predicted octanol–water partition coefficient (Wildman–Crippen LogP) is -0.789. The van der Waals surface area contributed by atoms with Crippen LogP contribution >= 0.6 is 11.6 Å². The van der Waals surface area contributed by atoms with Crippen molar-refractivity contribution in [2.45, 2.75) is 24.8 Å². The highest BCUT2D eigenvalue weighted by molar-refractivity contribution is 7.91. The number of nitrogens with zero attached hydrogens (tertiary/aromatic N) is 1. The average Bonchev–Trinajstić information content (AvgIpc) is 2.57. The molecule has 1 rings (SSSR count). The Hall–Kier alpha value is -0.370. The summed E-state index contributed by atoms with van der Waals surface area (Å²) in [6.45, 7) is 3.53. The van der Waals surface area contributed by atoms with E-state index in [0.717, 1.165) is 0 Å². The molecule has 1 aliphatic rings. The molecule has 0 aromatic rings. The van der Waals surface area contributed by atoms with Gasteiger partial charge >= 0.3 is 0 Å². The number of hydrogen-bond donors (Lipinski definition) is 2. The highest BCUT2D eigenvalue weighted by Gasteiger charge is 2.37. The molecular weight excluding hydrogens is 292 g/mol. The Morgan fingerprint density at radius 1 is 1.47 bits per heavy atom. The van der Waals surface area contributed by atoms with Gasteiger partial charge in [-0.3, -0.25) is 9.69 Å². The van der Waals surface area contributed by atoms with E-state index in [2.05, 4.69) is 5.32 Å². The van der Waals surface area contributed by atoms with Crippen LogP contribution in [0.15, 0.2) is 0 Å². The molecule has 0 bridgehead atoms. The van der Waals surface area contributed by atoms with E-state index in [1.807, 2.05) is 11.8 Å². The summed E-state index contributed by atoms with van der Waals surface area (Å²) in [5.41, 5.74) is 0. The SMILES string of the molecule is CCN(CCCO)CC(=O)NC1CS(=O)(=O)CC1Cl. The van der Waals surface area contributed by atoms with Crippen molar-refractivity contribution < 1.29 is 18.3 Å². The Labute approximate surface area is 119 Å². The van der Waals surface area contributed by atoms with Crippen LogP contribution < -0.4 is 5.32 Å². The molecule has 1 heterocycles. The second kappa shape index (κ2) is 7.42. The first-order valence-electron chi connectivity index (χ1n) is 6.35. The van der Waals surface area contributed by atoms with Crippen LogP contribution in [0.3, 0.4) is 0 Å². The molecule has 1 aliphatic heterocycles. The zero-order chi connectivity index (χ0) is 14.5. The Kier molecular flexibility index (Phi) is 6.52. The quantitative estimate of drug-likeness (QED) is 0.602. The molecule has 1 saturated heterocycles. The molecule has 0 aromatic heterocycles. The zero-order valence-electron chi connectivity index (χ0n) is 11.0. The van der Waals surface area contributed by atoms with Crippen molar-refractivity contribution in [3.63, 3.8) is 0 Å². The number of carbonyl (C=O) groups excluding carboxylic acids is 1. The lowest BCUT2D eigenvalue weighted by molar-refractivity contribution is -0.122. The first kappa shape index (κ1) is 16.7. The Bertz CT molecular complexity index is 401. The van der Waals surface area contributed by atoms with E-state index in [-0.39, 0.29) is 30.6 Å². The number of rotatable bonds is 7. The smallest absolute Gasteiger partial charge is 0.234 e. The molecule has 2 atom stereocenters. The molecule has 112 valence electrons. The number of amides is 1. The van der Waals surface area contributed by atoms with Crippen molar-refractivity contribution in [2.75, 3.05) is 37.7 Å². The summed E-state index contributed by atoms with van der Waals surface area (Å²) >= 11 is 5.92. The summed E-state index contributed by atoms with van der Waals surface area (Å²) in [6, 6.07) is -0.504. The van der Waals surface area contributed by atoms with E-state index in [1.54, 1.807) is 0 Å². The van der Waals surface area contributed by atoms with E-state index in [1.165, 1.54) is 0 Å². The van der Waals surface area contributed by atoms with Gasteiger partial charge in [0.1, 0.15) is 0 Å². The van der Waals surface area contributed by atoms with E-state index >= 15 is 0 Å². The van der Waals surface area contributed by atoms with Crippen LogP contribution in [-0.4, -0.2) is 73.5 Å². The number of nitrogens with one attached hydrogen (secondary N) is 1. The summed E-state index contributed by atoms with van der Waals surface area (Å²) in [5.74, 6) is -0.399. The maximum absolute atomic E-state index is 11.8. The molecule has 19 heavy (non-hydrogen) atoms. The summed E-state index contributed by atoms with van der Waals surface area (Å²) in [4.78, 5) is 13.7. The number of sulfone groups is 1. The molecule has 0 spiro atoms. The zero-order valence-corrected chi connectivity index (χ0v) is 12.6. The number of alkyl halides is 1. The predicted molar refractivity (Wildman–Crippen MR) is 74.0 cm³/mol. The third kappa shape index (κ3) is 5.64. The van der Waals surface area contributed by atoms with Gasteiger partial charge in [-0.1, -0.05) is 6.92 Å². The maximum atomic E-state index is 11.8. The van der Waals surface area contributed by atoms with Gasteiger partial charge in [-0.15, -0.1) is 11.6 Å². The van der Waals surface area contributed by atoms with E-state index in [9.17, 15) is 13.2 Å². The average molecular weight is 313 g/mol. The second-order valence-corrected chi connectivity index (χ2v) is 7.43. The van der Waals surface area contributed by atoms with Crippen molar-refractivity contribution in [2.24, 2.45) is 0 Å². The fourth-order valence-corrected chi connectivity index (χ4v) is 4.59. The number of halogens is 1. The van der Waals surface area contributed by atoms with Crippen LogP contribution in [0.2, 0.25) is 0 Å². The molecule has 8 heteroatoms. The summed E-state index contributed by atoms with van der Waals surface area (Å²) in [5, 5.41) is 10.9. The number of likely N-dealkylation sites (N-methyl/N-ethyl adjacent to an activating group) is 1. The highest BCUT2D eigenvalue weighted by atomic mass is 35.5. The Balaban J connectivity index is 2.42. The van der Waals surface area contributed by atoms with Gasteiger partial charge in [-0.25, -0.2) is 8.42 Å². The van der Waals surface area contributed by atoms with Crippen LogP contribution in [0.4, 0.5) is 0 Å². The van der Waals surface area contributed by atoms with Gasteiger partial charge in [0, 0.05) is 13.2 Å². The van der Waals surface area contributed by atoms with Crippen molar-refractivity contribution in [1.82, 2.24) is 10.2 Å². The van der Waals surface area contributed by atoms with Gasteiger partial charge in [0.15, 0.2) is 9.84 Å². The molecule has 0 saturated carbocycles. The summed E-state index contributed by atoms with van der Waals surface area (Å²) in [7, 11) is -3.13. The minimum atomic E-state index is -3.13. The standard InChI is InChI=1S/C11H21ClN2O4S/c1-2-14(4-3-5-15)6-11(16)13-10-8-19(17,18)7-9(10)12/h9-10,15H,2-8H2,1H3,(H,13,16). The summed E-state index contributed by atoms with van der Waals surface area (Å²) in [6.07, 6.45) is 0.608. The first-order valence-corrected chi connectivity index (χ1v) is 8.60. The number of aliphatic hydroxyl groups excluding tert-OH is 1. The van der Waals surface area contributed by atoms with Crippen molar-refractivity contribution in [1.29, 1.82) is 0 Å². The van der Waals surface area contributed by atoms with Crippen molar-refractivity contribution in [3.8, 4) is 0 Å². The first-order chi connectivity index (χ1) is 8.88. The van der Waals surface area contributed by atoms with Gasteiger partial charge in [0.05, 0.1) is 29.5 Å². The van der Waals surface area contributed by atoms with Gasteiger partial charge in [-0.2, -0.15) is 0 Å². The van der Waals surface area contributed by atoms with Crippen molar-refractivity contribution >= 4 is 27.3 Å². The molecular formula is C11H21ClN2O4S. The Morgan fingerprint density at radius 2 is 2.16 bits per heavy atom. The van der Waals surface area contributed by atoms with Crippen molar-refractivity contribution in [3.05, 3.63) is 0 Å². The van der Waals surface area contributed by atoms with Gasteiger partial charge in [-0.05, 0) is 13.0 Å². The Morgan fingerprint density at radius 3 is 2.63 bits per heavy atom. The normalized spacial score (nSPS) is 25.7. The lowest BCUT2D eigenvalue weighted by Gasteiger charge is -2.21.